The highest BCUT2D eigenvalue weighted by Crippen LogP contribution is 2.14. The van der Waals surface area contributed by atoms with E-state index < -0.39 is 0 Å². The second-order valence-electron chi connectivity index (χ2n) is 4.71. The molecule has 3 nitrogen and oxygen atoms in total. The number of hydrogen-bond donors (Lipinski definition) is 2. The molecule has 0 aliphatic carbocycles. The molecule has 0 aliphatic rings. The standard InChI is InChI=1S/C17H20N2O/c1-3-18-16-11-9-15(10-12-16)17(20)19-13(2)14-7-5-4-6-8-14/h4-13,18H,3H2,1-2H3,(H,19,20). The molecule has 20 heavy (non-hydrogen) atoms. The average molecular weight is 268 g/mol. The third-order valence-corrected chi connectivity index (χ3v) is 3.18. The largest absolute Gasteiger partial charge is 0.385 e. The lowest BCUT2D eigenvalue weighted by molar-refractivity contribution is 0.0940. The minimum absolute atomic E-state index is 0.00265. The highest BCUT2D eigenvalue weighted by molar-refractivity contribution is 5.94. The van der Waals surface area contributed by atoms with Gasteiger partial charge in [0.1, 0.15) is 0 Å². The van der Waals surface area contributed by atoms with Crippen LogP contribution in [-0.2, 0) is 0 Å². The molecule has 0 heterocycles. The van der Waals surface area contributed by atoms with Gasteiger partial charge >= 0.3 is 0 Å². The van der Waals surface area contributed by atoms with Crippen LogP contribution >= 0.6 is 0 Å². The number of amides is 1. The van der Waals surface area contributed by atoms with E-state index in [1.54, 1.807) is 0 Å². The maximum atomic E-state index is 12.2. The molecule has 0 saturated heterocycles. The Morgan fingerprint density at radius 1 is 1.05 bits per heavy atom. The van der Waals surface area contributed by atoms with Crippen molar-refractivity contribution in [1.82, 2.24) is 5.32 Å². The molecule has 1 unspecified atom stereocenters. The highest BCUT2D eigenvalue weighted by atomic mass is 16.1. The van der Waals surface area contributed by atoms with Crippen LogP contribution in [0.2, 0.25) is 0 Å². The summed E-state index contributed by atoms with van der Waals surface area (Å²) >= 11 is 0. The molecule has 0 radical (unpaired) electrons. The topological polar surface area (TPSA) is 41.1 Å². The predicted octanol–water partition coefficient (Wildman–Crippen LogP) is 3.61. The Morgan fingerprint density at radius 2 is 1.70 bits per heavy atom. The molecule has 0 aromatic heterocycles. The number of carbonyl (C=O) groups excluding carboxylic acids is 1. The summed E-state index contributed by atoms with van der Waals surface area (Å²) in [5.74, 6) is -0.0515. The molecule has 2 aromatic carbocycles. The quantitative estimate of drug-likeness (QED) is 0.869. The van der Waals surface area contributed by atoms with Crippen molar-refractivity contribution >= 4 is 11.6 Å². The van der Waals surface area contributed by atoms with E-state index in [1.165, 1.54) is 0 Å². The normalized spacial score (nSPS) is 11.7. The van der Waals surface area contributed by atoms with E-state index >= 15 is 0 Å². The maximum absolute atomic E-state index is 12.2. The average Bonchev–Trinajstić information content (AvgIpc) is 2.49. The Bertz CT molecular complexity index is 549. The number of rotatable bonds is 5. The molecule has 0 fully saturated rings. The highest BCUT2D eigenvalue weighted by Gasteiger charge is 2.10. The first kappa shape index (κ1) is 14.1. The molecule has 2 aromatic rings. The molecule has 3 heteroatoms. The van der Waals surface area contributed by atoms with Crippen molar-refractivity contribution in [3.05, 3.63) is 65.7 Å². The number of anilines is 1. The number of hydrogen-bond acceptors (Lipinski definition) is 2. The van der Waals surface area contributed by atoms with Gasteiger partial charge < -0.3 is 10.6 Å². The van der Waals surface area contributed by atoms with Crippen molar-refractivity contribution in [2.45, 2.75) is 19.9 Å². The van der Waals surface area contributed by atoms with Crippen LogP contribution in [0.5, 0.6) is 0 Å². The second kappa shape index (κ2) is 6.75. The molecule has 0 bridgehead atoms. The first-order chi connectivity index (χ1) is 9.70. The van der Waals surface area contributed by atoms with Crippen molar-refractivity contribution in [2.24, 2.45) is 0 Å². The van der Waals surface area contributed by atoms with Gasteiger partial charge in [0.25, 0.3) is 5.91 Å². The van der Waals surface area contributed by atoms with Gasteiger partial charge in [-0.2, -0.15) is 0 Å². The molecule has 0 spiro atoms. The zero-order chi connectivity index (χ0) is 14.4. The van der Waals surface area contributed by atoms with Crippen LogP contribution in [0.1, 0.15) is 35.8 Å². The van der Waals surface area contributed by atoms with Gasteiger partial charge in [0.15, 0.2) is 0 Å². The number of nitrogens with one attached hydrogen (secondary N) is 2. The van der Waals surface area contributed by atoms with Crippen LogP contribution < -0.4 is 10.6 Å². The Labute approximate surface area is 120 Å². The van der Waals surface area contributed by atoms with E-state index in [0.29, 0.717) is 5.56 Å². The fourth-order valence-electron chi connectivity index (χ4n) is 2.05. The van der Waals surface area contributed by atoms with Crippen molar-refractivity contribution in [2.75, 3.05) is 11.9 Å². The zero-order valence-corrected chi connectivity index (χ0v) is 11.9. The molecule has 2 rings (SSSR count). The summed E-state index contributed by atoms with van der Waals surface area (Å²) in [7, 11) is 0. The molecular formula is C17H20N2O. The Kier molecular flexibility index (Phi) is 4.77. The SMILES string of the molecule is CCNc1ccc(C(=O)NC(C)c2ccccc2)cc1. The van der Waals surface area contributed by atoms with Gasteiger partial charge in [-0.15, -0.1) is 0 Å². The van der Waals surface area contributed by atoms with E-state index in [2.05, 4.69) is 10.6 Å². The number of benzene rings is 2. The molecular weight excluding hydrogens is 248 g/mol. The lowest BCUT2D eigenvalue weighted by Gasteiger charge is -2.14. The minimum atomic E-state index is -0.0515. The molecule has 104 valence electrons. The van der Waals surface area contributed by atoms with Gasteiger partial charge in [-0.1, -0.05) is 30.3 Å². The summed E-state index contributed by atoms with van der Waals surface area (Å²) in [5.41, 5.74) is 2.81. The third kappa shape index (κ3) is 3.60. The van der Waals surface area contributed by atoms with Gasteiger partial charge in [0.2, 0.25) is 0 Å². The van der Waals surface area contributed by atoms with Crippen molar-refractivity contribution in [3.63, 3.8) is 0 Å². The molecule has 0 saturated carbocycles. The summed E-state index contributed by atoms with van der Waals surface area (Å²) in [6.07, 6.45) is 0. The first-order valence-electron chi connectivity index (χ1n) is 6.90. The van der Waals surface area contributed by atoms with E-state index in [9.17, 15) is 4.79 Å². The zero-order valence-electron chi connectivity index (χ0n) is 11.9. The first-order valence-corrected chi connectivity index (χ1v) is 6.90. The second-order valence-corrected chi connectivity index (χ2v) is 4.71. The minimum Gasteiger partial charge on any atom is -0.385 e. The fraction of sp³-hybridized carbons (Fsp3) is 0.235. The van der Waals surface area contributed by atoms with Crippen molar-refractivity contribution < 1.29 is 4.79 Å². The van der Waals surface area contributed by atoms with Gasteiger partial charge in [-0.3, -0.25) is 4.79 Å². The van der Waals surface area contributed by atoms with Crippen LogP contribution in [0.25, 0.3) is 0 Å². The predicted molar refractivity (Wildman–Crippen MR) is 82.9 cm³/mol. The molecule has 2 N–H and O–H groups in total. The third-order valence-electron chi connectivity index (χ3n) is 3.18. The van der Waals surface area contributed by atoms with E-state index in [0.717, 1.165) is 17.8 Å². The smallest absolute Gasteiger partial charge is 0.251 e. The maximum Gasteiger partial charge on any atom is 0.251 e. The summed E-state index contributed by atoms with van der Waals surface area (Å²) < 4.78 is 0. The molecule has 1 atom stereocenters. The Hall–Kier alpha value is -2.29. The Balaban J connectivity index is 2.01. The van der Waals surface area contributed by atoms with Crippen molar-refractivity contribution in [3.8, 4) is 0 Å². The van der Waals surface area contributed by atoms with E-state index in [4.69, 9.17) is 0 Å². The lowest BCUT2D eigenvalue weighted by atomic mass is 10.1. The van der Waals surface area contributed by atoms with Gasteiger partial charge in [-0.25, -0.2) is 0 Å². The van der Waals surface area contributed by atoms with E-state index in [-0.39, 0.29) is 11.9 Å². The van der Waals surface area contributed by atoms with Crippen LogP contribution in [-0.4, -0.2) is 12.5 Å². The van der Waals surface area contributed by atoms with Crippen LogP contribution in [0.3, 0.4) is 0 Å². The molecule has 0 aliphatic heterocycles. The summed E-state index contributed by atoms with van der Waals surface area (Å²) in [6.45, 7) is 4.90. The summed E-state index contributed by atoms with van der Waals surface area (Å²) in [4.78, 5) is 12.2. The van der Waals surface area contributed by atoms with Crippen molar-refractivity contribution in [1.29, 1.82) is 0 Å². The number of carbonyl (C=O) groups is 1. The van der Waals surface area contributed by atoms with Crippen LogP contribution in [0.15, 0.2) is 54.6 Å². The summed E-state index contributed by atoms with van der Waals surface area (Å²) in [5, 5.41) is 6.21. The summed E-state index contributed by atoms with van der Waals surface area (Å²) in [6, 6.07) is 17.5. The van der Waals surface area contributed by atoms with Gasteiger partial charge in [0.05, 0.1) is 6.04 Å². The molecule has 1 amide bonds. The van der Waals surface area contributed by atoms with E-state index in [1.807, 2.05) is 68.4 Å². The Morgan fingerprint density at radius 3 is 2.30 bits per heavy atom. The van der Waals surface area contributed by atoms with Gasteiger partial charge in [0, 0.05) is 17.8 Å². The monoisotopic (exact) mass is 268 g/mol. The lowest BCUT2D eigenvalue weighted by Crippen LogP contribution is -2.26. The fourth-order valence-corrected chi connectivity index (χ4v) is 2.05. The van der Waals surface area contributed by atoms with Crippen LogP contribution in [0.4, 0.5) is 5.69 Å². The van der Waals surface area contributed by atoms with Crippen LogP contribution in [0, 0.1) is 0 Å². The van der Waals surface area contributed by atoms with Gasteiger partial charge in [-0.05, 0) is 43.7 Å².